The molecule has 0 amide bonds. The van der Waals surface area contributed by atoms with Gasteiger partial charge in [-0.1, -0.05) is 38.7 Å². The number of allylic oxidation sites excluding steroid dienone is 3. The largest absolute Gasteiger partial charge is 0.121 e. The highest BCUT2D eigenvalue weighted by Crippen LogP contribution is 1.84. The highest BCUT2D eigenvalue weighted by Gasteiger charge is 1.64. The zero-order valence-electron chi connectivity index (χ0n) is 7.15. The minimum Gasteiger partial charge on any atom is -0.121 e. The van der Waals surface area contributed by atoms with Gasteiger partial charge in [-0.25, -0.2) is 0 Å². The summed E-state index contributed by atoms with van der Waals surface area (Å²) in [6, 6.07) is 0. The van der Waals surface area contributed by atoms with E-state index in [0.29, 0.717) is 0 Å². The fourth-order valence-corrected chi connectivity index (χ4v) is 0.258. The second-order valence-electron chi connectivity index (χ2n) is 1.56. The molecule has 0 fully saturated rings. The molecule has 0 N–H and O–H groups in total. The van der Waals surface area contributed by atoms with E-state index >= 15 is 0 Å². The normalized spacial score (nSPS) is 5.90. The molecule has 0 nitrogen and oxygen atoms in total. The van der Waals surface area contributed by atoms with E-state index in [2.05, 4.69) is 18.9 Å². The standard InChI is InChI=1S/C8H10.C2H6/c1-4-5-6-7-8(2)3;1-2/h4-5,7H,1-2H2,3H3;1-2H3. The lowest BCUT2D eigenvalue weighted by Crippen LogP contribution is -1.53. The summed E-state index contributed by atoms with van der Waals surface area (Å²) >= 11 is 0. The maximum atomic E-state index is 3.65. The van der Waals surface area contributed by atoms with Crippen LogP contribution in [-0.4, -0.2) is 0 Å². The molecule has 0 aromatic rings. The van der Waals surface area contributed by atoms with Gasteiger partial charge in [-0.05, 0) is 19.1 Å². The number of rotatable bonds is 2. The summed E-state index contributed by atoms with van der Waals surface area (Å²) in [5.41, 5.74) is 3.87. The third kappa shape index (κ3) is 15.8. The van der Waals surface area contributed by atoms with Crippen molar-refractivity contribution in [3.63, 3.8) is 0 Å². The van der Waals surface area contributed by atoms with Gasteiger partial charge in [0.05, 0.1) is 0 Å². The van der Waals surface area contributed by atoms with Crippen molar-refractivity contribution in [3.05, 3.63) is 42.7 Å². The molecule has 0 unspecified atom stereocenters. The summed E-state index contributed by atoms with van der Waals surface area (Å²) in [5, 5.41) is 0. The minimum absolute atomic E-state index is 1.00. The summed E-state index contributed by atoms with van der Waals surface area (Å²) < 4.78 is 0. The molecule has 0 bridgehead atoms. The van der Waals surface area contributed by atoms with Crippen molar-refractivity contribution in [2.75, 3.05) is 0 Å². The van der Waals surface area contributed by atoms with Gasteiger partial charge in [0.1, 0.15) is 0 Å². The van der Waals surface area contributed by atoms with E-state index < -0.39 is 0 Å². The Bertz CT molecular complexity index is 143. The first-order valence-electron chi connectivity index (χ1n) is 3.46. The van der Waals surface area contributed by atoms with Crippen molar-refractivity contribution in [2.24, 2.45) is 0 Å². The predicted molar refractivity (Wildman–Crippen MR) is 49.0 cm³/mol. The molecule has 0 aliphatic heterocycles. The van der Waals surface area contributed by atoms with E-state index in [0.717, 1.165) is 5.57 Å². The molecule has 0 radical (unpaired) electrons. The van der Waals surface area contributed by atoms with Crippen molar-refractivity contribution in [1.29, 1.82) is 0 Å². The van der Waals surface area contributed by atoms with Gasteiger partial charge in [-0.3, -0.25) is 0 Å². The van der Waals surface area contributed by atoms with Crippen LogP contribution >= 0.6 is 0 Å². The lowest BCUT2D eigenvalue weighted by Gasteiger charge is -1.73. The fourth-order valence-electron chi connectivity index (χ4n) is 0.258. The highest BCUT2D eigenvalue weighted by molar-refractivity contribution is 5.12. The first-order chi connectivity index (χ1) is 4.77. The Balaban J connectivity index is 0. The Hall–Kier alpha value is -1.00. The Morgan fingerprint density at radius 3 is 2.20 bits per heavy atom. The summed E-state index contributed by atoms with van der Waals surface area (Å²) in [6.07, 6.45) is 5.23. The molecule has 0 aromatic heterocycles. The molecule has 0 aliphatic carbocycles. The molecule has 0 heteroatoms. The molecular weight excluding hydrogens is 120 g/mol. The third-order valence-electron chi connectivity index (χ3n) is 0.544. The van der Waals surface area contributed by atoms with Crippen LogP contribution in [0.2, 0.25) is 0 Å². The molecule has 0 saturated carbocycles. The monoisotopic (exact) mass is 136 g/mol. The Morgan fingerprint density at radius 1 is 1.40 bits per heavy atom. The van der Waals surface area contributed by atoms with E-state index in [1.54, 1.807) is 12.2 Å². The maximum Gasteiger partial charge on any atom is -0.0176 e. The van der Waals surface area contributed by atoms with Crippen LogP contribution < -0.4 is 0 Å². The van der Waals surface area contributed by atoms with E-state index in [-0.39, 0.29) is 0 Å². The second-order valence-corrected chi connectivity index (χ2v) is 1.56. The number of hydrogen-bond acceptors (Lipinski definition) is 0. The second kappa shape index (κ2) is 10.9. The van der Waals surface area contributed by atoms with Crippen molar-refractivity contribution in [2.45, 2.75) is 20.8 Å². The molecular formula is C10H16. The van der Waals surface area contributed by atoms with Gasteiger partial charge in [-0.15, -0.1) is 5.73 Å². The average molecular weight is 136 g/mol. The quantitative estimate of drug-likeness (QED) is 0.402. The smallest absolute Gasteiger partial charge is 0.0176 e. The van der Waals surface area contributed by atoms with E-state index in [4.69, 9.17) is 0 Å². The molecule has 0 saturated heterocycles. The summed E-state index contributed by atoms with van der Waals surface area (Å²) in [4.78, 5) is 0. The van der Waals surface area contributed by atoms with Crippen LogP contribution in [0.4, 0.5) is 0 Å². The highest BCUT2D eigenvalue weighted by atomic mass is 13.7. The zero-order chi connectivity index (χ0) is 8.41. The molecule has 0 rings (SSSR count). The molecule has 10 heavy (non-hydrogen) atoms. The van der Waals surface area contributed by atoms with Gasteiger partial charge in [-0.2, -0.15) is 0 Å². The van der Waals surface area contributed by atoms with Crippen LogP contribution in [0.25, 0.3) is 0 Å². The third-order valence-corrected chi connectivity index (χ3v) is 0.544. The van der Waals surface area contributed by atoms with E-state index in [1.807, 2.05) is 26.8 Å². The Labute approximate surface area is 64.3 Å². The first-order valence-corrected chi connectivity index (χ1v) is 3.46. The van der Waals surface area contributed by atoms with Crippen LogP contribution in [-0.2, 0) is 0 Å². The lowest BCUT2D eigenvalue weighted by atomic mass is 10.3. The van der Waals surface area contributed by atoms with Crippen LogP contribution in [0, 0.1) is 0 Å². The van der Waals surface area contributed by atoms with Crippen LogP contribution in [0.3, 0.4) is 0 Å². The topological polar surface area (TPSA) is 0 Å². The average Bonchev–Trinajstić information content (AvgIpc) is 1.92. The Kier molecular flexibility index (Phi) is 12.8. The van der Waals surface area contributed by atoms with Gasteiger partial charge >= 0.3 is 0 Å². The van der Waals surface area contributed by atoms with Crippen LogP contribution in [0.5, 0.6) is 0 Å². The summed E-state index contributed by atoms with van der Waals surface area (Å²) in [5.74, 6) is 0. The maximum absolute atomic E-state index is 3.65. The van der Waals surface area contributed by atoms with Crippen LogP contribution in [0.1, 0.15) is 20.8 Å². The van der Waals surface area contributed by atoms with Gasteiger partial charge in [0.25, 0.3) is 0 Å². The number of hydrogen-bond donors (Lipinski definition) is 0. The molecule has 0 aliphatic rings. The van der Waals surface area contributed by atoms with Crippen molar-refractivity contribution in [3.8, 4) is 0 Å². The summed E-state index contributed by atoms with van der Waals surface area (Å²) in [7, 11) is 0. The molecule has 56 valence electrons. The molecule has 0 aromatic carbocycles. The van der Waals surface area contributed by atoms with Crippen molar-refractivity contribution >= 4 is 0 Å². The van der Waals surface area contributed by atoms with Gasteiger partial charge < -0.3 is 0 Å². The zero-order valence-corrected chi connectivity index (χ0v) is 7.15. The molecule has 0 atom stereocenters. The van der Waals surface area contributed by atoms with E-state index in [1.165, 1.54) is 0 Å². The molecule has 0 heterocycles. The SMILES string of the molecule is C=CC=C=CC(=C)C.CC. The summed E-state index contributed by atoms with van der Waals surface area (Å²) in [6.45, 7) is 13.1. The van der Waals surface area contributed by atoms with Crippen LogP contribution in [0.15, 0.2) is 42.7 Å². The van der Waals surface area contributed by atoms with Gasteiger partial charge in [0, 0.05) is 0 Å². The fraction of sp³-hybridized carbons (Fsp3) is 0.300. The van der Waals surface area contributed by atoms with Gasteiger partial charge in [0.2, 0.25) is 0 Å². The molecule has 0 spiro atoms. The Morgan fingerprint density at radius 2 is 1.90 bits per heavy atom. The van der Waals surface area contributed by atoms with Gasteiger partial charge in [0.15, 0.2) is 0 Å². The van der Waals surface area contributed by atoms with E-state index in [9.17, 15) is 0 Å². The predicted octanol–water partition coefficient (Wildman–Crippen LogP) is 3.49. The van der Waals surface area contributed by atoms with Crippen molar-refractivity contribution in [1.82, 2.24) is 0 Å². The first kappa shape index (κ1) is 11.8. The van der Waals surface area contributed by atoms with Crippen molar-refractivity contribution < 1.29 is 0 Å². The lowest BCUT2D eigenvalue weighted by molar-refractivity contribution is 1.50. The minimum atomic E-state index is 1.00.